The number of thiophene rings is 1. The van der Waals surface area contributed by atoms with E-state index in [1.54, 1.807) is 0 Å². The molecule has 4 heteroatoms. The topological polar surface area (TPSA) is 20.2 Å². The maximum absolute atomic E-state index is 8.73. The third kappa shape index (κ3) is 3.03. The average molecular weight is 296 g/mol. The summed E-state index contributed by atoms with van der Waals surface area (Å²) in [4.78, 5) is 1.98. The molecular weight excluding hydrogens is 291 g/mol. The van der Waals surface area contributed by atoms with Gasteiger partial charge in [-0.25, -0.2) is 0 Å². The van der Waals surface area contributed by atoms with Crippen LogP contribution < -0.4 is 0 Å². The number of aliphatic hydroxyl groups is 1. The molecule has 58 valence electrons. The summed E-state index contributed by atoms with van der Waals surface area (Å²) in [6, 6.07) is 3.82. The minimum absolute atomic E-state index is 0.115. The van der Waals surface area contributed by atoms with Crippen LogP contribution >= 0.6 is 41.5 Å². The summed E-state index contributed by atoms with van der Waals surface area (Å²) in [5, 5.41) is 11.6. The van der Waals surface area contributed by atoms with Crippen LogP contribution in [0.1, 0.15) is 9.75 Å². The van der Waals surface area contributed by atoms with E-state index in [1.807, 2.05) is 12.1 Å². The van der Waals surface area contributed by atoms with Gasteiger partial charge in [-0.3, -0.25) is 0 Å². The van der Waals surface area contributed by atoms with Crippen LogP contribution in [0.4, 0.5) is 0 Å². The maximum atomic E-state index is 8.73. The molecule has 1 N–H and O–H groups in total. The first-order chi connectivity index (χ1) is 5.36. The third-order valence-corrected chi connectivity index (χ3v) is 2.86. The molecule has 1 rings (SSSR count). The lowest BCUT2D eigenvalue weighted by molar-refractivity contribution is 0.285. The quantitative estimate of drug-likeness (QED) is 0.635. The molecule has 0 aliphatic carbocycles. The lowest BCUT2D eigenvalue weighted by Gasteiger charge is -1.80. The van der Waals surface area contributed by atoms with Crippen molar-refractivity contribution in [2.24, 2.45) is 0 Å². The molecule has 0 bridgehead atoms. The fraction of sp³-hybridized carbons (Fsp3) is 0.143. The molecule has 0 fully saturated rings. The molecular formula is C7H5IOS2. The van der Waals surface area contributed by atoms with E-state index in [-0.39, 0.29) is 6.61 Å². The SMILES string of the molecule is OCc1ccc(C#CSI)s1. The van der Waals surface area contributed by atoms with Crippen LogP contribution in [0.3, 0.4) is 0 Å². The van der Waals surface area contributed by atoms with Crippen molar-refractivity contribution >= 4 is 41.5 Å². The Morgan fingerprint density at radius 1 is 1.64 bits per heavy atom. The second kappa shape index (κ2) is 5.04. The minimum Gasteiger partial charge on any atom is -0.391 e. The highest BCUT2D eigenvalue weighted by Gasteiger charge is 1.93. The van der Waals surface area contributed by atoms with E-state index in [1.165, 1.54) is 20.3 Å². The van der Waals surface area contributed by atoms with Crippen LogP contribution in [0.15, 0.2) is 12.1 Å². The van der Waals surface area contributed by atoms with Crippen molar-refractivity contribution in [2.75, 3.05) is 0 Å². The van der Waals surface area contributed by atoms with E-state index >= 15 is 0 Å². The van der Waals surface area contributed by atoms with E-state index in [0.29, 0.717) is 0 Å². The van der Waals surface area contributed by atoms with Gasteiger partial charge < -0.3 is 5.11 Å². The van der Waals surface area contributed by atoms with E-state index in [0.717, 1.165) is 9.75 Å². The van der Waals surface area contributed by atoms with E-state index in [9.17, 15) is 0 Å². The fourth-order valence-corrected chi connectivity index (χ4v) is 1.86. The Kier molecular flexibility index (Phi) is 4.30. The molecule has 0 amide bonds. The lowest BCUT2D eigenvalue weighted by Crippen LogP contribution is -1.69. The zero-order chi connectivity index (χ0) is 8.10. The molecule has 0 aliphatic heterocycles. The lowest BCUT2D eigenvalue weighted by atomic mass is 10.4. The van der Waals surface area contributed by atoms with Crippen molar-refractivity contribution in [2.45, 2.75) is 6.61 Å². The molecule has 11 heavy (non-hydrogen) atoms. The summed E-state index contributed by atoms with van der Waals surface area (Å²) in [6.07, 6.45) is 0. The van der Waals surface area contributed by atoms with Gasteiger partial charge in [0.15, 0.2) is 0 Å². The molecule has 0 spiro atoms. The predicted octanol–water partition coefficient (Wildman–Crippen LogP) is 2.63. The largest absolute Gasteiger partial charge is 0.391 e. The third-order valence-electron chi connectivity index (χ3n) is 1.03. The van der Waals surface area contributed by atoms with Gasteiger partial charge >= 0.3 is 0 Å². The number of hydrogen-bond donors (Lipinski definition) is 1. The van der Waals surface area contributed by atoms with Crippen molar-refractivity contribution in [1.82, 2.24) is 0 Å². The summed E-state index contributed by atoms with van der Waals surface area (Å²) < 4.78 is 0. The summed E-state index contributed by atoms with van der Waals surface area (Å²) in [5.74, 6) is 2.96. The van der Waals surface area contributed by atoms with Crippen molar-refractivity contribution in [1.29, 1.82) is 0 Å². The first kappa shape index (κ1) is 9.39. The van der Waals surface area contributed by atoms with Gasteiger partial charge in [-0.15, -0.1) is 11.3 Å². The Hall–Kier alpha value is 0.300. The second-order valence-corrected chi connectivity index (χ2v) is 4.58. The van der Waals surface area contributed by atoms with Crippen LogP contribution in [0.5, 0.6) is 0 Å². The maximum Gasteiger partial charge on any atom is 0.0781 e. The van der Waals surface area contributed by atoms with Gasteiger partial charge in [0, 0.05) is 26.1 Å². The standard InChI is InChI=1S/C7H5IOS2/c8-10-4-3-6-1-2-7(5-9)11-6/h1-2,9H,5H2. The fourth-order valence-electron chi connectivity index (χ4n) is 0.600. The van der Waals surface area contributed by atoms with Gasteiger partial charge in [-0.05, 0) is 32.2 Å². The summed E-state index contributed by atoms with van der Waals surface area (Å²) in [5.41, 5.74) is 0. The van der Waals surface area contributed by atoms with E-state index < -0.39 is 0 Å². The summed E-state index contributed by atoms with van der Waals surface area (Å²) >= 11 is 3.66. The highest BCUT2D eigenvalue weighted by molar-refractivity contribution is 14.2. The number of hydrogen-bond acceptors (Lipinski definition) is 3. The van der Waals surface area contributed by atoms with Gasteiger partial charge in [0.1, 0.15) is 0 Å². The van der Waals surface area contributed by atoms with Crippen LogP contribution in [0.25, 0.3) is 0 Å². The van der Waals surface area contributed by atoms with Crippen molar-refractivity contribution < 1.29 is 5.11 Å². The van der Waals surface area contributed by atoms with Gasteiger partial charge in [0.2, 0.25) is 0 Å². The van der Waals surface area contributed by atoms with Gasteiger partial charge in [0.05, 0.1) is 11.5 Å². The first-order valence-electron chi connectivity index (χ1n) is 2.85. The van der Waals surface area contributed by atoms with Gasteiger partial charge in [0.25, 0.3) is 0 Å². The molecule has 1 aromatic heterocycles. The second-order valence-electron chi connectivity index (χ2n) is 1.73. The van der Waals surface area contributed by atoms with Gasteiger partial charge in [-0.1, -0.05) is 0 Å². The molecule has 0 radical (unpaired) electrons. The Balaban J connectivity index is 2.72. The Morgan fingerprint density at radius 2 is 2.45 bits per heavy atom. The molecule has 0 saturated carbocycles. The molecule has 0 aliphatic rings. The molecule has 0 unspecified atom stereocenters. The molecule has 0 atom stereocenters. The zero-order valence-electron chi connectivity index (χ0n) is 5.50. The highest BCUT2D eigenvalue weighted by atomic mass is 127. The molecule has 0 saturated heterocycles. The highest BCUT2D eigenvalue weighted by Crippen LogP contribution is 2.16. The predicted molar refractivity (Wildman–Crippen MR) is 58.7 cm³/mol. The normalized spacial score (nSPS) is 8.91. The Morgan fingerprint density at radius 3 is 3.00 bits per heavy atom. The Bertz CT molecular complexity index is 284. The van der Waals surface area contributed by atoms with E-state index in [4.69, 9.17) is 5.11 Å². The van der Waals surface area contributed by atoms with Crippen molar-refractivity contribution in [3.63, 3.8) is 0 Å². The number of aliphatic hydroxyl groups excluding tert-OH is 1. The smallest absolute Gasteiger partial charge is 0.0781 e. The zero-order valence-corrected chi connectivity index (χ0v) is 9.29. The number of halogens is 1. The average Bonchev–Trinajstić information content (AvgIpc) is 2.48. The van der Waals surface area contributed by atoms with Crippen LogP contribution in [0.2, 0.25) is 0 Å². The van der Waals surface area contributed by atoms with Crippen molar-refractivity contribution in [3.05, 3.63) is 21.9 Å². The van der Waals surface area contributed by atoms with Crippen LogP contribution in [-0.2, 0) is 6.61 Å². The monoisotopic (exact) mass is 296 g/mol. The van der Waals surface area contributed by atoms with E-state index in [2.05, 4.69) is 32.4 Å². The molecule has 1 nitrogen and oxygen atoms in total. The van der Waals surface area contributed by atoms with Crippen molar-refractivity contribution in [3.8, 4) is 11.2 Å². The molecule has 0 aromatic carbocycles. The summed E-state index contributed by atoms with van der Waals surface area (Å²) in [6.45, 7) is 0.115. The first-order valence-corrected chi connectivity index (χ1v) is 7.02. The minimum atomic E-state index is 0.115. The van der Waals surface area contributed by atoms with Crippen LogP contribution in [0, 0.1) is 11.2 Å². The number of rotatable bonds is 1. The van der Waals surface area contributed by atoms with Gasteiger partial charge in [-0.2, -0.15) is 0 Å². The molecule has 1 heterocycles. The molecule has 1 aromatic rings. The van der Waals surface area contributed by atoms with Crippen LogP contribution in [-0.4, -0.2) is 5.11 Å². The summed E-state index contributed by atoms with van der Waals surface area (Å²) in [7, 11) is 1.47. The Labute approximate surface area is 85.8 Å².